The monoisotopic (exact) mass is 255 g/mol. The number of fused-ring (bicyclic) bond motifs is 1. The number of aromatic nitrogens is 1. The summed E-state index contributed by atoms with van der Waals surface area (Å²) in [6.07, 6.45) is 3.52. The first kappa shape index (κ1) is 12.3. The minimum absolute atomic E-state index is 0.908. The van der Waals surface area contributed by atoms with Gasteiger partial charge in [-0.2, -0.15) is 0 Å². The van der Waals surface area contributed by atoms with Crippen LogP contribution < -0.4 is 10.6 Å². The number of aryl methyl sites for hydroxylation is 1. The molecule has 3 heteroatoms. The third kappa shape index (κ3) is 2.03. The fourth-order valence-corrected chi connectivity index (χ4v) is 3.06. The second-order valence-corrected chi connectivity index (χ2v) is 5.34. The molecule has 100 valence electrons. The van der Waals surface area contributed by atoms with Crippen LogP contribution >= 0.6 is 0 Å². The molecule has 3 nitrogen and oxygen atoms in total. The first-order valence-electron chi connectivity index (χ1n) is 7.14. The zero-order valence-corrected chi connectivity index (χ0v) is 11.7. The molecular formula is C16H21N3. The lowest BCUT2D eigenvalue weighted by molar-refractivity contribution is 0.949. The lowest BCUT2D eigenvalue weighted by atomic mass is 10.0. The van der Waals surface area contributed by atoms with Gasteiger partial charge in [0.05, 0.1) is 5.52 Å². The Hall–Kier alpha value is -1.77. The van der Waals surface area contributed by atoms with E-state index in [1.165, 1.54) is 24.1 Å². The van der Waals surface area contributed by atoms with Gasteiger partial charge in [-0.1, -0.05) is 6.92 Å². The van der Waals surface area contributed by atoms with Crippen LogP contribution in [0.15, 0.2) is 18.2 Å². The molecule has 2 N–H and O–H groups in total. The highest BCUT2D eigenvalue weighted by Gasteiger charge is 2.14. The summed E-state index contributed by atoms with van der Waals surface area (Å²) in [4.78, 5) is 7.11. The van der Waals surface area contributed by atoms with Gasteiger partial charge >= 0.3 is 0 Å². The molecule has 0 amide bonds. The number of rotatable bonds is 2. The summed E-state index contributed by atoms with van der Waals surface area (Å²) in [5.41, 5.74) is 11.8. The highest BCUT2D eigenvalue weighted by Crippen LogP contribution is 2.30. The smallest absolute Gasteiger partial charge is 0.0727 e. The molecule has 0 radical (unpaired) electrons. The summed E-state index contributed by atoms with van der Waals surface area (Å²) >= 11 is 0. The Morgan fingerprint density at radius 2 is 2.00 bits per heavy atom. The van der Waals surface area contributed by atoms with E-state index in [4.69, 9.17) is 5.73 Å². The summed E-state index contributed by atoms with van der Waals surface area (Å²) in [5, 5.41) is 1.10. The van der Waals surface area contributed by atoms with Crippen LogP contribution in [0, 0.1) is 6.92 Å². The van der Waals surface area contributed by atoms with E-state index in [-0.39, 0.29) is 0 Å². The number of hydrogen-bond donors (Lipinski definition) is 1. The summed E-state index contributed by atoms with van der Waals surface area (Å²) in [6.45, 7) is 6.50. The first-order valence-corrected chi connectivity index (χ1v) is 7.14. The minimum atomic E-state index is 0.908. The number of hydrogen-bond acceptors (Lipinski definition) is 3. The van der Waals surface area contributed by atoms with Crippen LogP contribution in [0.5, 0.6) is 0 Å². The molecule has 0 aliphatic carbocycles. The Kier molecular flexibility index (Phi) is 3.05. The second-order valence-electron chi connectivity index (χ2n) is 5.34. The standard InChI is InChI=1S/C16H21N3/c1-3-13-11(2)18-15-7-6-12(10-14(15)16(13)17)19-8-4-5-9-19/h6-7,10H,3-5,8-9H2,1-2H3,(H2,17,18). The summed E-state index contributed by atoms with van der Waals surface area (Å²) in [6, 6.07) is 6.48. The summed E-state index contributed by atoms with van der Waals surface area (Å²) < 4.78 is 0. The normalized spacial score (nSPS) is 15.4. The Balaban J connectivity index is 2.15. The van der Waals surface area contributed by atoms with Gasteiger partial charge < -0.3 is 10.6 Å². The lowest BCUT2D eigenvalue weighted by Gasteiger charge is -2.19. The maximum absolute atomic E-state index is 6.34. The van der Waals surface area contributed by atoms with Crippen LogP contribution in [0.3, 0.4) is 0 Å². The third-order valence-corrected chi connectivity index (χ3v) is 4.15. The highest BCUT2D eigenvalue weighted by molar-refractivity contribution is 5.94. The van der Waals surface area contributed by atoms with E-state index in [1.807, 2.05) is 6.92 Å². The average Bonchev–Trinajstić information content (AvgIpc) is 2.93. The molecule has 3 rings (SSSR count). The van der Waals surface area contributed by atoms with Crippen molar-refractivity contribution in [1.82, 2.24) is 4.98 Å². The first-order chi connectivity index (χ1) is 9.20. The molecule has 0 spiro atoms. The second kappa shape index (κ2) is 4.72. The maximum Gasteiger partial charge on any atom is 0.0727 e. The molecule has 1 saturated heterocycles. The van der Waals surface area contributed by atoms with Crippen molar-refractivity contribution in [3.63, 3.8) is 0 Å². The van der Waals surface area contributed by atoms with Crippen LogP contribution in [-0.4, -0.2) is 18.1 Å². The molecule has 1 aromatic heterocycles. The van der Waals surface area contributed by atoms with Gasteiger partial charge in [0.2, 0.25) is 0 Å². The number of nitrogen functional groups attached to an aromatic ring is 1. The zero-order valence-electron chi connectivity index (χ0n) is 11.7. The van der Waals surface area contributed by atoms with E-state index in [9.17, 15) is 0 Å². The lowest BCUT2D eigenvalue weighted by Crippen LogP contribution is -2.17. The van der Waals surface area contributed by atoms with Gasteiger partial charge in [-0.25, -0.2) is 0 Å². The minimum Gasteiger partial charge on any atom is -0.398 e. The van der Waals surface area contributed by atoms with Crippen LogP contribution in [0.2, 0.25) is 0 Å². The van der Waals surface area contributed by atoms with E-state index in [0.717, 1.165) is 41.8 Å². The fourth-order valence-electron chi connectivity index (χ4n) is 3.06. The topological polar surface area (TPSA) is 42.2 Å². The molecule has 1 aliphatic rings. The van der Waals surface area contributed by atoms with Gasteiger partial charge in [0.1, 0.15) is 0 Å². The van der Waals surface area contributed by atoms with Crippen molar-refractivity contribution in [2.24, 2.45) is 0 Å². The Morgan fingerprint density at radius 3 is 2.68 bits per heavy atom. The Morgan fingerprint density at radius 1 is 1.26 bits per heavy atom. The average molecular weight is 255 g/mol. The Labute approximate surface area is 114 Å². The van der Waals surface area contributed by atoms with Crippen LogP contribution in [0.1, 0.15) is 31.0 Å². The van der Waals surface area contributed by atoms with Crippen molar-refractivity contribution < 1.29 is 0 Å². The largest absolute Gasteiger partial charge is 0.398 e. The molecule has 1 aromatic carbocycles. The summed E-state index contributed by atoms with van der Waals surface area (Å²) in [5.74, 6) is 0. The zero-order chi connectivity index (χ0) is 13.4. The van der Waals surface area contributed by atoms with E-state index in [2.05, 4.69) is 35.0 Å². The molecule has 1 fully saturated rings. The third-order valence-electron chi connectivity index (χ3n) is 4.15. The molecule has 2 aromatic rings. The molecule has 0 saturated carbocycles. The molecule has 1 aliphatic heterocycles. The van der Waals surface area contributed by atoms with E-state index >= 15 is 0 Å². The fraction of sp³-hybridized carbons (Fsp3) is 0.438. The molecule has 0 bridgehead atoms. The highest BCUT2D eigenvalue weighted by atomic mass is 15.1. The van der Waals surface area contributed by atoms with Gasteiger partial charge in [0, 0.05) is 35.5 Å². The van der Waals surface area contributed by atoms with Crippen LogP contribution in [-0.2, 0) is 6.42 Å². The predicted molar refractivity (Wildman–Crippen MR) is 81.7 cm³/mol. The molecule has 2 heterocycles. The maximum atomic E-state index is 6.34. The van der Waals surface area contributed by atoms with E-state index in [1.54, 1.807) is 0 Å². The van der Waals surface area contributed by atoms with Gasteiger partial charge in [-0.05, 0) is 49.9 Å². The number of anilines is 2. The van der Waals surface area contributed by atoms with Crippen molar-refractivity contribution in [3.05, 3.63) is 29.5 Å². The van der Waals surface area contributed by atoms with Crippen molar-refractivity contribution in [1.29, 1.82) is 0 Å². The van der Waals surface area contributed by atoms with E-state index < -0.39 is 0 Å². The van der Waals surface area contributed by atoms with Gasteiger partial charge in [0.25, 0.3) is 0 Å². The van der Waals surface area contributed by atoms with Crippen LogP contribution in [0.4, 0.5) is 11.4 Å². The van der Waals surface area contributed by atoms with Gasteiger partial charge in [-0.15, -0.1) is 0 Å². The van der Waals surface area contributed by atoms with Gasteiger partial charge in [-0.3, -0.25) is 4.98 Å². The number of pyridine rings is 1. The molecule has 0 unspecified atom stereocenters. The molecular weight excluding hydrogens is 234 g/mol. The predicted octanol–water partition coefficient (Wildman–Crippen LogP) is 3.29. The quantitative estimate of drug-likeness (QED) is 0.895. The molecule has 0 atom stereocenters. The van der Waals surface area contributed by atoms with Crippen molar-refractivity contribution in [3.8, 4) is 0 Å². The molecule has 19 heavy (non-hydrogen) atoms. The van der Waals surface area contributed by atoms with Crippen molar-refractivity contribution in [2.75, 3.05) is 23.7 Å². The Bertz CT molecular complexity index is 613. The number of benzene rings is 1. The summed E-state index contributed by atoms with van der Waals surface area (Å²) in [7, 11) is 0. The van der Waals surface area contributed by atoms with Crippen molar-refractivity contribution in [2.45, 2.75) is 33.1 Å². The van der Waals surface area contributed by atoms with Gasteiger partial charge in [0.15, 0.2) is 0 Å². The van der Waals surface area contributed by atoms with Crippen molar-refractivity contribution >= 4 is 22.3 Å². The number of nitrogens with zero attached hydrogens (tertiary/aromatic N) is 2. The number of nitrogens with two attached hydrogens (primary N) is 1. The van der Waals surface area contributed by atoms with Crippen LogP contribution in [0.25, 0.3) is 10.9 Å². The SMILES string of the molecule is CCc1c(C)nc2ccc(N3CCCC3)cc2c1N. The van der Waals surface area contributed by atoms with E-state index in [0.29, 0.717) is 0 Å².